The van der Waals surface area contributed by atoms with Gasteiger partial charge in [0.15, 0.2) is 18.2 Å². The lowest BCUT2D eigenvalue weighted by Gasteiger charge is -2.38. The van der Waals surface area contributed by atoms with E-state index in [0.29, 0.717) is 17.5 Å². The Hall–Kier alpha value is -3.60. The van der Waals surface area contributed by atoms with Gasteiger partial charge in [0, 0.05) is 41.4 Å². The lowest BCUT2D eigenvalue weighted by Crippen LogP contribution is -2.60. The molecule has 0 bridgehead atoms. The summed E-state index contributed by atoms with van der Waals surface area (Å²) in [6.45, 7) is 0.937. The second-order valence-electron chi connectivity index (χ2n) is 10.1. The third-order valence-corrected chi connectivity index (χ3v) is 7.46. The predicted octanol–water partition coefficient (Wildman–Crippen LogP) is 3.49. The number of fused-ring (bicyclic) bond motifs is 2. The van der Waals surface area contributed by atoms with E-state index in [1.807, 2.05) is 72.9 Å². The zero-order chi connectivity index (χ0) is 28.2. The molecule has 40 heavy (non-hydrogen) atoms. The van der Waals surface area contributed by atoms with E-state index in [9.17, 15) is 24.9 Å². The fourth-order valence-electron chi connectivity index (χ4n) is 5.31. The Morgan fingerprint density at radius 1 is 0.775 bits per heavy atom. The number of hydrogen-bond donors (Lipinski definition) is 4. The van der Waals surface area contributed by atoms with Gasteiger partial charge in [0.05, 0.1) is 0 Å². The van der Waals surface area contributed by atoms with E-state index in [1.54, 1.807) is 0 Å². The lowest BCUT2D eigenvalue weighted by molar-refractivity contribution is -0.294. The number of carbonyl (C=O) groups is 2. The SMILES string of the molecule is O=C(c1cccc2ccccc12)c1cn(CCCCCCO[C@@H]2O[C@H](C(=O)O)[C@@H](O)[C@H](O)[C@H]2O)c2ccccc12. The van der Waals surface area contributed by atoms with Crippen LogP contribution in [0.3, 0.4) is 0 Å². The van der Waals surface area contributed by atoms with Gasteiger partial charge >= 0.3 is 5.97 Å². The zero-order valence-corrected chi connectivity index (χ0v) is 21.9. The van der Waals surface area contributed by atoms with Crippen molar-refractivity contribution in [1.29, 1.82) is 0 Å². The van der Waals surface area contributed by atoms with Crippen molar-refractivity contribution in [2.45, 2.75) is 62.9 Å². The van der Waals surface area contributed by atoms with Crippen molar-refractivity contribution in [1.82, 2.24) is 4.57 Å². The second kappa shape index (κ2) is 12.3. The first kappa shape index (κ1) is 27.9. The van der Waals surface area contributed by atoms with Gasteiger partial charge in [-0.1, -0.05) is 73.5 Å². The summed E-state index contributed by atoms with van der Waals surface area (Å²) in [7, 11) is 0. The fourth-order valence-corrected chi connectivity index (χ4v) is 5.31. The van der Waals surface area contributed by atoms with Gasteiger partial charge in [0.2, 0.25) is 0 Å². The Balaban J connectivity index is 1.16. The molecule has 1 aliphatic rings. The summed E-state index contributed by atoms with van der Waals surface area (Å²) >= 11 is 0. The van der Waals surface area contributed by atoms with Crippen molar-refractivity contribution in [3.63, 3.8) is 0 Å². The highest BCUT2D eigenvalue weighted by Gasteiger charge is 2.47. The van der Waals surface area contributed by atoms with Gasteiger partial charge in [-0.3, -0.25) is 4.79 Å². The molecule has 2 heterocycles. The molecule has 0 unspecified atom stereocenters. The molecule has 1 aliphatic heterocycles. The molecule has 0 spiro atoms. The number of aryl methyl sites for hydroxylation is 1. The van der Waals surface area contributed by atoms with Crippen LogP contribution in [0.1, 0.15) is 41.6 Å². The Kier molecular flexibility index (Phi) is 8.58. The maximum Gasteiger partial charge on any atom is 0.335 e. The van der Waals surface area contributed by atoms with E-state index in [4.69, 9.17) is 14.6 Å². The number of carbonyl (C=O) groups excluding carboxylic acids is 1. The summed E-state index contributed by atoms with van der Waals surface area (Å²) in [5, 5.41) is 41.7. The van der Waals surface area contributed by atoms with Crippen molar-refractivity contribution in [2.75, 3.05) is 6.61 Å². The largest absolute Gasteiger partial charge is 0.479 e. The number of carboxylic acid groups (broad SMARTS) is 1. The number of ketones is 1. The van der Waals surface area contributed by atoms with Crippen LogP contribution in [-0.2, 0) is 20.8 Å². The van der Waals surface area contributed by atoms with Gasteiger partial charge in [-0.15, -0.1) is 0 Å². The number of rotatable bonds is 11. The number of para-hydroxylation sites is 1. The van der Waals surface area contributed by atoms with Gasteiger partial charge in [0.1, 0.15) is 18.3 Å². The van der Waals surface area contributed by atoms with E-state index >= 15 is 0 Å². The molecule has 9 heteroatoms. The number of aliphatic carboxylic acids is 1. The van der Waals surface area contributed by atoms with Gasteiger partial charge in [0.25, 0.3) is 0 Å². The normalized spacial score (nSPS) is 23.0. The van der Waals surface area contributed by atoms with E-state index in [0.717, 1.165) is 47.5 Å². The lowest BCUT2D eigenvalue weighted by atomic mass is 9.97. The zero-order valence-electron chi connectivity index (χ0n) is 21.9. The van der Waals surface area contributed by atoms with E-state index in [-0.39, 0.29) is 12.4 Å². The molecule has 5 rings (SSSR count). The number of hydrogen-bond acceptors (Lipinski definition) is 7. The molecular weight excluding hydrogens is 514 g/mol. The number of aliphatic hydroxyl groups excluding tert-OH is 3. The van der Waals surface area contributed by atoms with Crippen LogP contribution in [0.2, 0.25) is 0 Å². The summed E-state index contributed by atoms with van der Waals surface area (Å²) in [6.07, 6.45) is -2.80. The maximum atomic E-state index is 13.7. The number of benzene rings is 3. The molecule has 1 saturated heterocycles. The van der Waals surface area contributed by atoms with E-state index in [1.165, 1.54) is 0 Å². The second-order valence-corrected chi connectivity index (χ2v) is 10.1. The van der Waals surface area contributed by atoms with E-state index < -0.39 is 36.7 Å². The van der Waals surface area contributed by atoms with Crippen LogP contribution in [0, 0.1) is 0 Å². The minimum atomic E-state index is -1.74. The Bertz CT molecular complexity index is 1490. The van der Waals surface area contributed by atoms with Gasteiger partial charge in [-0.05, 0) is 29.7 Å². The van der Waals surface area contributed by atoms with Crippen LogP contribution in [0.4, 0.5) is 0 Å². The molecular formula is C31H33NO8. The van der Waals surface area contributed by atoms with Crippen LogP contribution in [-0.4, -0.2) is 74.1 Å². The predicted molar refractivity (Wildman–Crippen MR) is 148 cm³/mol. The monoisotopic (exact) mass is 547 g/mol. The fraction of sp³-hybridized carbons (Fsp3) is 0.355. The first-order chi connectivity index (χ1) is 19.4. The molecule has 1 fully saturated rings. The molecule has 0 aliphatic carbocycles. The quantitative estimate of drug-likeness (QED) is 0.165. The molecule has 4 N–H and O–H groups in total. The number of carboxylic acids is 1. The van der Waals surface area contributed by atoms with Crippen molar-refractivity contribution in [3.05, 3.63) is 84.1 Å². The summed E-state index contributed by atoms with van der Waals surface area (Å²) in [5.74, 6) is -1.44. The number of ether oxygens (including phenoxy) is 2. The van der Waals surface area contributed by atoms with Crippen LogP contribution < -0.4 is 0 Å². The molecule has 0 amide bonds. The van der Waals surface area contributed by atoms with Crippen LogP contribution in [0.5, 0.6) is 0 Å². The topological polar surface area (TPSA) is 138 Å². The number of aliphatic hydroxyl groups is 3. The summed E-state index contributed by atoms with van der Waals surface area (Å²) in [4.78, 5) is 24.9. The molecule has 1 aromatic heterocycles. The van der Waals surface area contributed by atoms with Crippen molar-refractivity contribution >= 4 is 33.4 Å². The van der Waals surface area contributed by atoms with Crippen molar-refractivity contribution < 1.29 is 39.5 Å². The third-order valence-electron chi connectivity index (χ3n) is 7.46. The maximum absolute atomic E-state index is 13.7. The standard InChI is InChI=1S/C31H33NO8/c33-25(22-14-9-11-19-10-3-4-12-20(19)22)23-18-32(24-15-6-5-13-21(23)24)16-7-1-2-8-17-39-31-28(36)26(34)27(35)29(40-31)30(37)38/h3-6,9-15,18,26-29,31,34-36H,1-2,7-8,16-17H2,(H,37,38)/t26-,27-,28+,29-,31+/m0/s1. The van der Waals surface area contributed by atoms with Crippen molar-refractivity contribution in [2.24, 2.45) is 0 Å². The van der Waals surface area contributed by atoms with Crippen molar-refractivity contribution in [3.8, 4) is 0 Å². The minimum absolute atomic E-state index is 0.00112. The smallest absolute Gasteiger partial charge is 0.335 e. The molecule has 0 saturated carbocycles. The molecule has 3 aromatic carbocycles. The average Bonchev–Trinajstić information content (AvgIpc) is 3.34. The van der Waals surface area contributed by atoms with E-state index in [2.05, 4.69) is 4.57 Å². The first-order valence-corrected chi connectivity index (χ1v) is 13.5. The summed E-state index contributed by atoms with van der Waals surface area (Å²) in [6, 6.07) is 21.6. The molecule has 4 aromatic rings. The van der Waals surface area contributed by atoms with Crippen LogP contribution >= 0.6 is 0 Å². The number of aromatic nitrogens is 1. The number of nitrogens with zero attached hydrogens (tertiary/aromatic N) is 1. The van der Waals surface area contributed by atoms with Crippen LogP contribution in [0.15, 0.2) is 72.9 Å². The third kappa shape index (κ3) is 5.65. The molecule has 5 atom stereocenters. The summed E-state index contributed by atoms with van der Waals surface area (Å²) in [5.41, 5.74) is 2.37. The highest BCUT2D eigenvalue weighted by molar-refractivity contribution is 6.21. The van der Waals surface area contributed by atoms with Gasteiger partial charge in [-0.25, -0.2) is 4.79 Å². The summed E-state index contributed by atoms with van der Waals surface area (Å²) < 4.78 is 12.7. The first-order valence-electron chi connectivity index (χ1n) is 13.5. The minimum Gasteiger partial charge on any atom is -0.479 e. The van der Waals surface area contributed by atoms with Gasteiger partial charge < -0.3 is 34.5 Å². The highest BCUT2D eigenvalue weighted by Crippen LogP contribution is 2.28. The Morgan fingerprint density at radius 3 is 2.27 bits per heavy atom. The van der Waals surface area contributed by atoms with Crippen LogP contribution in [0.25, 0.3) is 21.7 Å². The Morgan fingerprint density at radius 2 is 1.48 bits per heavy atom. The molecule has 0 radical (unpaired) electrons. The highest BCUT2D eigenvalue weighted by atomic mass is 16.7. The van der Waals surface area contributed by atoms with Gasteiger partial charge in [-0.2, -0.15) is 0 Å². The molecule has 210 valence electrons. The number of unbranched alkanes of at least 4 members (excludes halogenated alkanes) is 3. The average molecular weight is 548 g/mol. The Labute approximate surface area is 231 Å². The molecule has 9 nitrogen and oxygen atoms in total.